The van der Waals surface area contributed by atoms with Crippen LogP contribution < -0.4 is 5.32 Å². The highest BCUT2D eigenvalue weighted by Gasteiger charge is 2.35. The van der Waals surface area contributed by atoms with Crippen molar-refractivity contribution in [2.75, 3.05) is 5.33 Å². The van der Waals surface area contributed by atoms with Gasteiger partial charge in [-0.1, -0.05) is 35.7 Å². The highest BCUT2D eigenvalue weighted by Crippen LogP contribution is 2.33. The monoisotopic (exact) mass is 327 g/mol. The lowest BCUT2D eigenvalue weighted by Gasteiger charge is -2.39. The third-order valence-corrected chi connectivity index (χ3v) is 4.91. The fourth-order valence-corrected chi connectivity index (χ4v) is 3.49. The summed E-state index contributed by atoms with van der Waals surface area (Å²) in [6.07, 6.45) is 4.35. The van der Waals surface area contributed by atoms with Gasteiger partial charge in [-0.2, -0.15) is 0 Å². The number of rotatable bonds is 3. The molecule has 2 unspecified atom stereocenters. The summed E-state index contributed by atoms with van der Waals surface area (Å²) in [4.78, 5) is 12.2. The molecule has 2 atom stereocenters. The van der Waals surface area contributed by atoms with Gasteiger partial charge in [0.05, 0.1) is 5.54 Å². The van der Waals surface area contributed by atoms with Crippen molar-refractivity contribution < 1.29 is 9.18 Å². The molecule has 1 fully saturated rings. The van der Waals surface area contributed by atoms with E-state index in [1.54, 1.807) is 0 Å². The van der Waals surface area contributed by atoms with E-state index in [2.05, 4.69) is 28.2 Å². The molecular weight excluding hydrogens is 309 g/mol. The van der Waals surface area contributed by atoms with Crippen LogP contribution in [0.4, 0.5) is 4.39 Å². The van der Waals surface area contributed by atoms with Gasteiger partial charge >= 0.3 is 0 Å². The van der Waals surface area contributed by atoms with Crippen LogP contribution in [-0.4, -0.2) is 16.8 Å². The molecule has 1 aromatic rings. The maximum absolute atomic E-state index is 12.9. The van der Waals surface area contributed by atoms with E-state index in [1.807, 2.05) is 0 Å². The van der Waals surface area contributed by atoms with E-state index >= 15 is 0 Å². The lowest BCUT2D eigenvalue weighted by molar-refractivity contribution is 0.0869. The molecule has 1 aliphatic rings. The highest BCUT2D eigenvalue weighted by atomic mass is 79.9. The quantitative estimate of drug-likeness (QED) is 0.838. The number of carbonyl (C=O) groups is 1. The van der Waals surface area contributed by atoms with Crippen LogP contribution in [0.25, 0.3) is 0 Å². The number of hydrogen-bond donors (Lipinski definition) is 1. The minimum atomic E-state index is -0.321. The number of halogens is 2. The third-order valence-electron chi connectivity index (χ3n) is 3.83. The Morgan fingerprint density at radius 3 is 2.74 bits per heavy atom. The van der Waals surface area contributed by atoms with Gasteiger partial charge in [0.25, 0.3) is 5.91 Å². The Labute approximate surface area is 121 Å². The van der Waals surface area contributed by atoms with E-state index in [0.29, 0.717) is 11.5 Å². The zero-order chi connectivity index (χ0) is 13.9. The fourth-order valence-electron chi connectivity index (χ4n) is 2.84. The number of benzene rings is 1. The first-order chi connectivity index (χ1) is 9.04. The van der Waals surface area contributed by atoms with Crippen LogP contribution in [0.5, 0.6) is 0 Å². The zero-order valence-corrected chi connectivity index (χ0v) is 12.7. The van der Waals surface area contributed by atoms with Crippen molar-refractivity contribution in [1.82, 2.24) is 5.32 Å². The lowest BCUT2D eigenvalue weighted by atomic mass is 9.77. The molecule has 1 N–H and O–H groups in total. The molecule has 0 spiro atoms. The van der Waals surface area contributed by atoms with Crippen molar-refractivity contribution in [1.29, 1.82) is 0 Å². The molecule has 0 aliphatic heterocycles. The van der Waals surface area contributed by atoms with Crippen molar-refractivity contribution in [3.05, 3.63) is 35.6 Å². The average Bonchev–Trinajstić information content (AvgIpc) is 2.39. The summed E-state index contributed by atoms with van der Waals surface area (Å²) >= 11 is 3.53. The van der Waals surface area contributed by atoms with E-state index in [0.717, 1.165) is 24.6 Å². The summed E-state index contributed by atoms with van der Waals surface area (Å²) in [6, 6.07) is 5.69. The van der Waals surface area contributed by atoms with E-state index in [1.165, 1.54) is 30.7 Å². The van der Waals surface area contributed by atoms with E-state index < -0.39 is 0 Å². The summed E-state index contributed by atoms with van der Waals surface area (Å²) in [5, 5.41) is 3.90. The second-order valence-electron chi connectivity index (χ2n) is 5.58. The van der Waals surface area contributed by atoms with Crippen molar-refractivity contribution in [3.8, 4) is 0 Å². The SMILES string of the molecule is CC1CCCC(CBr)(NC(=O)c2ccc(F)cc2)C1. The molecule has 0 saturated heterocycles. The van der Waals surface area contributed by atoms with Gasteiger partial charge in [-0.3, -0.25) is 4.79 Å². The van der Waals surface area contributed by atoms with Gasteiger partial charge in [0.1, 0.15) is 5.82 Å². The maximum atomic E-state index is 12.9. The van der Waals surface area contributed by atoms with Crippen LogP contribution in [0.2, 0.25) is 0 Å². The van der Waals surface area contributed by atoms with Crippen LogP contribution in [0.1, 0.15) is 43.0 Å². The lowest BCUT2D eigenvalue weighted by Crippen LogP contribution is -2.52. The number of hydrogen-bond acceptors (Lipinski definition) is 1. The van der Waals surface area contributed by atoms with Gasteiger partial charge in [0.15, 0.2) is 0 Å². The molecule has 0 radical (unpaired) electrons. The molecule has 4 heteroatoms. The van der Waals surface area contributed by atoms with E-state index in [-0.39, 0.29) is 17.3 Å². The molecule has 2 nitrogen and oxygen atoms in total. The van der Waals surface area contributed by atoms with Crippen molar-refractivity contribution in [2.45, 2.75) is 38.1 Å². The summed E-state index contributed by atoms with van der Waals surface area (Å²) in [5.41, 5.74) is 0.350. The summed E-state index contributed by atoms with van der Waals surface area (Å²) < 4.78 is 12.9. The van der Waals surface area contributed by atoms with E-state index in [4.69, 9.17) is 0 Å². The Kier molecular flexibility index (Phi) is 4.61. The Morgan fingerprint density at radius 1 is 1.47 bits per heavy atom. The first-order valence-corrected chi connectivity index (χ1v) is 7.81. The average molecular weight is 328 g/mol. The maximum Gasteiger partial charge on any atom is 0.251 e. The molecule has 0 heterocycles. The molecular formula is C15H19BrFNO. The predicted octanol–water partition coefficient (Wildman–Crippen LogP) is 3.90. The minimum absolute atomic E-state index is 0.117. The van der Waals surface area contributed by atoms with Gasteiger partial charge < -0.3 is 5.32 Å². The molecule has 104 valence electrons. The van der Waals surface area contributed by atoms with Crippen molar-refractivity contribution >= 4 is 21.8 Å². The topological polar surface area (TPSA) is 29.1 Å². The van der Waals surface area contributed by atoms with Crippen LogP contribution in [0.3, 0.4) is 0 Å². The largest absolute Gasteiger partial charge is 0.346 e. The second kappa shape index (κ2) is 6.04. The Morgan fingerprint density at radius 2 is 2.16 bits per heavy atom. The molecule has 1 aliphatic carbocycles. The second-order valence-corrected chi connectivity index (χ2v) is 6.14. The van der Waals surface area contributed by atoms with Gasteiger partial charge in [-0.25, -0.2) is 4.39 Å². The number of alkyl halides is 1. The smallest absolute Gasteiger partial charge is 0.251 e. The Balaban J connectivity index is 2.09. The number of carbonyl (C=O) groups excluding carboxylic acids is 1. The van der Waals surface area contributed by atoms with Crippen LogP contribution in [0, 0.1) is 11.7 Å². The fraction of sp³-hybridized carbons (Fsp3) is 0.533. The Bertz CT molecular complexity index is 448. The van der Waals surface area contributed by atoms with Crippen LogP contribution >= 0.6 is 15.9 Å². The van der Waals surface area contributed by atoms with Crippen LogP contribution in [0.15, 0.2) is 24.3 Å². The Hall–Kier alpha value is -0.900. The summed E-state index contributed by atoms with van der Waals surface area (Å²) in [7, 11) is 0. The van der Waals surface area contributed by atoms with Crippen LogP contribution in [-0.2, 0) is 0 Å². The molecule has 1 saturated carbocycles. The van der Waals surface area contributed by atoms with Crippen molar-refractivity contribution in [3.63, 3.8) is 0 Å². The number of amides is 1. The first kappa shape index (κ1) is 14.5. The molecule has 1 amide bonds. The molecule has 1 aromatic carbocycles. The molecule has 19 heavy (non-hydrogen) atoms. The molecule has 0 aromatic heterocycles. The predicted molar refractivity (Wildman–Crippen MR) is 78.0 cm³/mol. The van der Waals surface area contributed by atoms with Gasteiger partial charge in [-0.15, -0.1) is 0 Å². The first-order valence-electron chi connectivity index (χ1n) is 6.69. The summed E-state index contributed by atoms with van der Waals surface area (Å²) in [5.74, 6) is 0.186. The number of nitrogens with one attached hydrogen (secondary N) is 1. The van der Waals surface area contributed by atoms with Gasteiger partial charge in [0, 0.05) is 10.9 Å². The standard InChI is InChI=1S/C15H19BrFNO/c1-11-3-2-8-15(9-11,10-16)18-14(19)12-4-6-13(17)7-5-12/h4-7,11H,2-3,8-10H2,1H3,(H,18,19). The van der Waals surface area contributed by atoms with Gasteiger partial charge in [-0.05, 0) is 43.0 Å². The van der Waals surface area contributed by atoms with E-state index in [9.17, 15) is 9.18 Å². The van der Waals surface area contributed by atoms with Crippen molar-refractivity contribution in [2.24, 2.45) is 5.92 Å². The highest BCUT2D eigenvalue weighted by molar-refractivity contribution is 9.09. The minimum Gasteiger partial charge on any atom is -0.346 e. The molecule has 0 bridgehead atoms. The zero-order valence-electron chi connectivity index (χ0n) is 11.1. The normalized spacial score (nSPS) is 27.0. The van der Waals surface area contributed by atoms with Gasteiger partial charge in [0.2, 0.25) is 0 Å². The molecule has 2 rings (SSSR count). The third kappa shape index (κ3) is 3.56. The summed E-state index contributed by atoms with van der Waals surface area (Å²) in [6.45, 7) is 2.22.